The van der Waals surface area contributed by atoms with Crippen LogP contribution in [0.2, 0.25) is 5.02 Å². The lowest BCUT2D eigenvalue weighted by Crippen LogP contribution is -2.37. The first-order chi connectivity index (χ1) is 9.06. The summed E-state index contributed by atoms with van der Waals surface area (Å²) in [5, 5.41) is 3.52. The van der Waals surface area contributed by atoms with E-state index in [9.17, 15) is 4.79 Å². The van der Waals surface area contributed by atoms with Crippen molar-refractivity contribution in [1.82, 2.24) is 5.32 Å². The summed E-state index contributed by atoms with van der Waals surface area (Å²) in [4.78, 5) is 12.1. The van der Waals surface area contributed by atoms with Crippen molar-refractivity contribution in [3.8, 4) is 0 Å². The maximum atomic E-state index is 12.1. The van der Waals surface area contributed by atoms with Crippen molar-refractivity contribution in [3.63, 3.8) is 0 Å². The van der Waals surface area contributed by atoms with Gasteiger partial charge in [0.2, 0.25) is 0 Å². The van der Waals surface area contributed by atoms with Crippen LogP contribution in [0.25, 0.3) is 0 Å². The molecule has 5 heteroatoms. The molecule has 1 saturated carbocycles. The van der Waals surface area contributed by atoms with E-state index in [4.69, 9.17) is 23.2 Å². The topological polar surface area (TPSA) is 29.1 Å². The van der Waals surface area contributed by atoms with Crippen LogP contribution >= 0.6 is 39.1 Å². The van der Waals surface area contributed by atoms with Crippen LogP contribution in [-0.4, -0.2) is 18.3 Å². The molecule has 0 bridgehead atoms. The molecular formula is C14H16BrCl2NO. The highest BCUT2D eigenvalue weighted by molar-refractivity contribution is 9.10. The third kappa shape index (κ3) is 3.65. The quantitative estimate of drug-likeness (QED) is 0.775. The van der Waals surface area contributed by atoms with Crippen molar-refractivity contribution in [3.05, 3.63) is 33.3 Å². The predicted molar refractivity (Wildman–Crippen MR) is 83.1 cm³/mol. The summed E-state index contributed by atoms with van der Waals surface area (Å²) in [6.07, 6.45) is 4.59. The molecule has 0 saturated heterocycles. The molecule has 0 unspecified atom stereocenters. The van der Waals surface area contributed by atoms with E-state index in [0.717, 1.165) is 17.3 Å². The molecule has 1 aromatic rings. The SMILES string of the molecule is O=C(NCC1(CCl)CCCC1)c1ccc(Br)c(Cl)c1. The van der Waals surface area contributed by atoms with Gasteiger partial charge in [0.05, 0.1) is 5.02 Å². The van der Waals surface area contributed by atoms with E-state index in [2.05, 4.69) is 21.2 Å². The fourth-order valence-corrected chi connectivity index (χ4v) is 3.28. The minimum absolute atomic E-state index is 0.0797. The average Bonchev–Trinajstić information content (AvgIpc) is 2.89. The monoisotopic (exact) mass is 363 g/mol. The first-order valence-corrected chi connectivity index (χ1v) is 8.06. The number of hydrogen-bond acceptors (Lipinski definition) is 1. The molecule has 0 aliphatic heterocycles. The number of rotatable bonds is 4. The van der Waals surface area contributed by atoms with Crippen LogP contribution in [0.1, 0.15) is 36.0 Å². The molecule has 0 heterocycles. The molecule has 0 radical (unpaired) electrons. The maximum absolute atomic E-state index is 12.1. The zero-order valence-electron chi connectivity index (χ0n) is 10.5. The Kier molecular flexibility index (Phi) is 5.15. The lowest BCUT2D eigenvalue weighted by atomic mass is 9.88. The molecule has 104 valence electrons. The summed E-state index contributed by atoms with van der Waals surface area (Å²) in [5.41, 5.74) is 0.659. The van der Waals surface area contributed by atoms with E-state index in [-0.39, 0.29) is 11.3 Å². The normalized spacial score (nSPS) is 17.4. The molecule has 0 atom stereocenters. The molecule has 1 aliphatic rings. The number of hydrogen-bond donors (Lipinski definition) is 1. The van der Waals surface area contributed by atoms with E-state index in [0.29, 0.717) is 23.0 Å². The standard InChI is InChI=1S/C14H16BrCl2NO/c15-11-4-3-10(7-12(11)17)13(19)18-9-14(8-16)5-1-2-6-14/h3-4,7H,1-2,5-6,8-9H2,(H,18,19). The molecule has 1 N–H and O–H groups in total. The minimum atomic E-state index is -0.0919. The molecule has 0 aromatic heterocycles. The van der Waals surface area contributed by atoms with Crippen molar-refractivity contribution in [2.24, 2.45) is 5.41 Å². The lowest BCUT2D eigenvalue weighted by molar-refractivity contribution is 0.0935. The number of benzene rings is 1. The van der Waals surface area contributed by atoms with E-state index in [1.165, 1.54) is 12.8 Å². The summed E-state index contributed by atoms with van der Waals surface area (Å²) in [6.45, 7) is 0.642. The first-order valence-electron chi connectivity index (χ1n) is 6.36. The third-order valence-corrected chi connectivity index (χ3v) is 5.55. The molecule has 1 aromatic carbocycles. The number of nitrogens with one attached hydrogen (secondary N) is 1. The molecule has 1 fully saturated rings. The van der Waals surface area contributed by atoms with Gasteiger partial charge in [-0.05, 0) is 47.0 Å². The van der Waals surface area contributed by atoms with E-state index in [1.807, 2.05) is 0 Å². The molecule has 2 rings (SSSR count). The minimum Gasteiger partial charge on any atom is -0.351 e. The Morgan fingerprint density at radius 1 is 1.37 bits per heavy atom. The Morgan fingerprint density at radius 2 is 2.05 bits per heavy atom. The van der Waals surface area contributed by atoms with Crippen molar-refractivity contribution in [1.29, 1.82) is 0 Å². The van der Waals surface area contributed by atoms with Crippen molar-refractivity contribution in [2.75, 3.05) is 12.4 Å². The smallest absolute Gasteiger partial charge is 0.251 e. The maximum Gasteiger partial charge on any atom is 0.251 e. The molecule has 1 aliphatic carbocycles. The van der Waals surface area contributed by atoms with Gasteiger partial charge in [-0.25, -0.2) is 0 Å². The van der Waals surface area contributed by atoms with Gasteiger partial charge < -0.3 is 5.32 Å². The Hall–Kier alpha value is -0.250. The number of halogens is 3. The van der Waals surface area contributed by atoms with Gasteiger partial charge in [-0.2, -0.15) is 0 Å². The van der Waals surface area contributed by atoms with Gasteiger partial charge >= 0.3 is 0 Å². The van der Waals surface area contributed by atoms with Crippen molar-refractivity contribution < 1.29 is 4.79 Å². The van der Waals surface area contributed by atoms with Crippen LogP contribution in [0.4, 0.5) is 0 Å². The Balaban J connectivity index is 1.99. The number of carbonyl (C=O) groups is 1. The van der Waals surface area contributed by atoms with Gasteiger partial charge in [-0.1, -0.05) is 24.4 Å². The summed E-state index contributed by atoms with van der Waals surface area (Å²) >= 11 is 15.4. The Morgan fingerprint density at radius 3 is 2.63 bits per heavy atom. The Bertz CT molecular complexity index is 473. The van der Waals surface area contributed by atoms with Gasteiger partial charge in [0.25, 0.3) is 5.91 Å². The van der Waals surface area contributed by atoms with Crippen LogP contribution in [-0.2, 0) is 0 Å². The van der Waals surface area contributed by atoms with E-state index >= 15 is 0 Å². The highest BCUT2D eigenvalue weighted by Gasteiger charge is 2.33. The summed E-state index contributed by atoms with van der Waals surface area (Å²) in [7, 11) is 0. The number of amides is 1. The molecule has 0 spiro atoms. The van der Waals surface area contributed by atoms with Gasteiger partial charge in [-0.3, -0.25) is 4.79 Å². The van der Waals surface area contributed by atoms with Gasteiger partial charge in [0.15, 0.2) is 0 Å². The second-order valence-electron chi connectivity index (χ2n) is 5.15. The lowest BCUT2D eigenvalue weighted by Gasteiger charge is -2.26. The number of alkyl halides is 1. The zero-order valence-corrected chi connectivity index (χ0v) is 13.6. The van der Waals surface area contributed by atoms with Crippen LogP contribution in [0.15, 0.2) is 22.7 Å². The second kappa shape index (κ2) is 6.47. The largest absolute Gasteiger partial charge is 0.351 e. The predicted octanol–water partition coefficient (Wildman–Crippen LogP) is 4.63. The average molecular weight is 365 g/mol. The highest BCUT2D eigenvalue weighted by Crippen LogP contribution is 2.38. The van der Waals surface area contributed by atoms with Gasteiger partial charge in [0, 0.05) is 27.9 Å². The fraction of sp³-hybridized carbons (Fsp3) is 0.500. The van der Waals surface area contributed by atoms with Crippen LogP contribution < -0.4 is 5.32 Å². The van der Waals surface area contributed by atoms with Gasteiger partial charge in [-0.15, -0.1) is 11.6 Å². The van der Waals surface area contributed by atoms with Crippen LogP contribution in [0, 0.1) is 5.41 Å². The Labute approximate surface area is 132 Å². The van der Waals surface area contributed by atoms with Gasteiger partial charge in [0.1, 0.15) is 0 Å². The fourth-order valence-electron chi connectivity index (χ4n) is 2.49. The van der Waals surface area contributed by atoms with Crippen LogP contribution in [0.5, 0.6) is 0 Å². The summed E-state index contributed by atoms with van der Waals surface area (Å²) in [5.74, 6) is 0.514. The molecule has 1 amide bonds. The van der Waals surface area contributed by atoms with E-state index in [1.54, 1.807) is 18.2 Å². The third-order valence-electron chi connectivity index (χ3n) is 3.75. The summed E-state index contributed by atoms with van der Waals surface area (Å²) in [6, 6.07) is 5.21. The van der Waals surface area contributed by atoms with Crippen LogP contribution in [0.3, 0.4) is 0 Å². The molecule has 19 heavy (non-hydrogen) atoms. The summed E-state index contributed by atoms with van der Waals surface area (Å²) < 4.78 is 0.790. The highest BCUT2D eigenvalue weighted by atomic mass is 79.9. The van der Waals surface area contributed by atoms with Crippen molar-refractivity contribution in [2.45, 2.75) is 25.7 Å². The molecular weight excluding hydrogens is 349 g/mol. The second-order valence-corrected chi connectivity index (χ2v) is 6.68. The van der Waals surface area contributed by atoms with Crippen molar-refractivity contribution >= 4 is 45.0 Å². The zero-order chi connectivity index (χ0) is 13.9. The first kappa shape index (κ1) is 15.1. The van der Waals surface area contributed by atoms with E-state index < -0.39 is 0 Å². The number of carbonyl (C=O) groups excluding carboxylic acids is 1. The molecule has 2 nitrogen and oxygen atoms in total.